The number of amides is 1. The second-order valence-electron chi connectivity index (χ2n) is 3.50. The molecule has 104 valence electrons. The Balaban J connectivity index is 0.00000180. The largest absolute Gasteiger partial charge is 0.350 e. The van der Waals surface area contributed by atoms with E-state index in [0.29, 0.717) is 17.1 Å². The monoisotopic (exact) mass is 302 g/mol. The quantitative estimate of drug-likeness (QED) is 0.759. The van der Waals surface area contributed by atoms with Gasteiger partial charge in [-0.15, -0.1) is 28.8 Å². The van der Waals surface area contributed by atoms with Gasteiger partial charge in [-0.2, -0.15) is 4.68 Å². The lowest BCUT2D eigenvalue weighted by Gasteiger charge is -2.05. The van der Waals surface area contributed by atoms with Gasteiger partial charge in [0.1, 0.15) is 11.2 Å². The fraction of sp³-hybridized carbons (Fsp3) is 0.400. The Hall–Kier alpha value is -1.51. The molecule has 2 aromatic heterocycles. The van der Waals surface area contributed by atoms with Crippen LogP contribution in [0.25, 0.3) is 5.69 Å². The van der Waals surface area contributed by atoms with Crippen molar-refractivity contribution >= 4 is 29.7 Å². The number of carbonyl (C=O) groups excluding carboxylic acids is 1. The molecule has 0 unspecified atom stereocenters. The van der Waals surface area contributed by atoms with Crippen LogP contribution in [-0.2, 0) is 0 Å². The second kappa shape index (κ2) is 7.82. The van der Waals surface area contributed by atoms with Gasteiger partial charge in [-0.3, -0.25) is 4.79 Å². The number of likely N-dealkylation sites (N-methyl/N-ethyl adjacent to an activating group) is 1. The molecule has 0 spiro atoms. The Morgan fingerprint density at radius 3 is 3.00 bits per heavy atom. The first kappa shape index (κ1) is 15.5. The number of hydrogen-bond donors (Lipinski definition) is 2. The van der Waals surface area contributed by atoms with E-state index < -0.39 is 0 Å². The van der Waals surface area contributed by atoms with Crippen molar-refractivity contribution in [2.75, 3.05) is 19.6 Å². The first-order valence-electron chi connectivity index (χ1n) is 5.62. The molecule has 1 amide bonds. The summed E-state index contributed by atoms with van der Waals surface area (Å²) in [5.74, 6) is -0.103. The third-order valence-electron chi connectivity index (χ3n) is 2.28. The van der Waals surface area contributed by atoms with Crippen molar-refractivity contribution in [1.82, 2.24) is 30.8 Å². The molecule has 2 rings (SSSR count). The zero-order chi connectivity index (χ0) is 12.8. The standard InChI is InChI=1S/C10H14N6OS.ClH/c1-2-11-4-5-12-10(17)9-8(3-6-18-9)16-7-13-14-15-16;/h3,6-7,11H,2,4-5H2,1H3,(H,12,17);1H. The highest BCUT2D eigenvalue weighted by molar-refractivity contribution is 7.12. The summed E-state index contributed by atoms with van der Waals surface area (Å²) in [6, 6.07) is 1.82. The van der Waals surface area contributed by atoms with E-state index in [2.05, 4.69) is 26.2 Å². The normalized spacial score (nSPS) is 9.95. The fourth-order valence-corrected chi connectivity index (χ4v) is 2.24. The van der Waals surface area contributed by atoms with E-state index in [1.165, 1.54) is 22.3 Å². The van der Waals surface area contributed by atoms with Crippen LogP contribution < -0.4 is 10.6 Å². The van der Waals surface area contributed by atoms with Gasteiger partial charge in [-0.1, -0.05) is 6.92 Å². The molecule has 0 saturated carbocycles. The van der Waals surface area contributed by atoms with Crippen LogP contribution in [0.3, 0.4) is 0 Å². The van der Waals surface area contributed by atoms with Crippen molar-refractivity contribution in [2.45, 2.75) is 6.92 Å². The van der Waals surface area contributed by atoms with Gasteiger partial charge < -0.3 is 10.6 Å². The van der Waals surface area contributed by atoms with Crippen LogP contribution in [-0.4, -0.2) is 45.7 Å². The van der Waals surface area contributed by atoms with E-state index in [1.54, 1.807) is 0 Å². The van der Waals surface area contributed by atoms with Crippen LogP contribution in [0.5, 0.6) is 0 Å². The summed E-state index contributed by atoms with van der Waals surface area (Å²) in [5.41, 5.74) is 0.700. The number of halogens is 1. The number of tetrazole rings is 1. The summed E-state index contributed by atoms with van der Waals surface area (Å²) in [6.45, 7) is 4.27. The predicted molar refractivity (Wildman–Crippen MR) is 75.2 cm³/mol. The molecular weight excluding hydrogens is 288 g/mol. The minimum absolute atomic E-state index is 0. The topological polar surface area (TPSA) is 84.7 Å². The molecule has 0 radical (unpaired) electrons. The lowest BCUT2D eigenvalue weighted by molar-refractivity contribution is 0.0958. The highest BCUT2D eigenvalue weighted by Gasteiger charge is 2.14. The molecule has 0 bridgehead atoms. The van der Waals surface area contributed by atoms with Gasteiger partial charge in [0.15, 0.2) is 0 Å². The first-order valence-corrected chi connectivity index (χ1v) is 6.50. The van der Waals surface area contributed by atoms with Crippen molar-refractivity contribution in [3.05, 3.63) is 22.7 Å². The molecule has 2 N–H and O–H groups in total. The molecule has 9 heteroatoms. The molecule has 2 aromatic rings. The summed E-state index contributed by atoms with van der Waals surface area (Å²) in [5, 5.41) is 18.7. The maximum absolute atomic E-state index is 12.0. The maximum Gasteiger partial charge on any atom is 0.263 e. The minimum Gasteiger partial charge on any atom is -0.350 e. The number of rotatable bonds is 6. The van der Waals surface area contributed by atoms with Gasteiger partial charge in [-0.25, -0.2) is 0 Å². The SMILES string of the molecule is CCNCCNC(=O)c1sccc1-n1cnnn1.Cl. The molecule has 0 aliphatic heterocycles. The summed E-state index contributed by atoms with van der Waals surface area (Å²) in [4.78, 5) is 12.6. The summed E-state index contributed by atoms with van der Waals surface area (Å²) in [7, 11) is 0. The molecular formula is C10H15ClN6OS. The molecule has 0 saturated heterocycles. The zero-order valence-electron chi connectivity index (χ0n) is 10.4. The Kier molecular flexibility index (Phi) is 6.40. The van der Waals surface area contributed by atoms with E-state index in [9.17, 15) is 4.79 Å². The second-order valence-corrected chi connectivity index (χ2v) is 4.41. The Labute approximate surface area is 120 Å². The molecule has 0 atom stereocenters. The van der Waals surface area contributed by atoms with Crippen LogP contribution in [0.2, 0.25) is 0 Å². The van der Waals surface area contributed by atoms with Crippen molar-refractivity contribution in [2.24, 2.45) is 0 Å². The predicted octanol–water partition coefficient (Wildman–Crippen LogP) is 0.485. The number of thiophene rings is 1. The number of hydrogen-bond acceptors (Lipinski definition) is 6. The van der Waals surface area contributed by atoms with Crippen LogP contribution in [0, 0.1) is 0 Å². The van der Waals surface area contributed by atoms with E-state index in [0.717, 1.165) is 13.1 Å². The van der Waals surface area contributed by atoms with E-state index in [-0.39, 0.29) is 18.3 Å². The number of nitrogens with one attached hydrogen (secondary N) is 2. The minimum atomic E-state index is -0.103. The van der Waals surface area contributed by atoms with Crippen LogP contribution in [0.4, 0.5) is 0 Å². The van der Waals surface area contributed by atoms with Gasteiger partial charge >= 0.3 is 0 Å². The van der Waals surface area contributed by atoms with Crippen molar-refractivity contribution in [1.29, 1.82) is 0 Å². The van der Waals surface area contributed by atoms with Gasteiger partial charge in [-0.05, 0) is 28.4 Å². The molecule has 2 heterocycles. The number of nitrogens with zero attached hydrogens (tertiary/aromatic N) is 4. The van der Waals surface area contributed by atoms with Crippen LogP contribution in [0.1, 0.15) is 16.6 Å². The van der Waals surface area contributed by atoms with Gasteiger partial charge in [0.25, 0.3) is 5.91 Å². The van der Waals surface area contributed by atoms with E-state index in [1.807, 2.05) is 18.4 Å². The molecule has 0 aliphatic rings. The van der Waals surface area contributed by atoms with Gasteiger partial charge in [0.05, 0.1) is 5.69 Å². The van der Waals surface area contributed by atoms with E-state index in [4.69, 9.17) is 0 Å². The smallest absolute Gasteiger partial charge is 0.263 e. The summed E-state index contributed by atoms with van der Waals surface area (Å²) < 4.78 is 1.48. The fourth-order valence-electron chi connectivity index (χ4n) is 1.45. The number of aromatic nitrogens is 4. The lowest BCUT2D eigenvalue weighted by Crippen LogP contribution is -2.31. The van der Waals surface area contributed by atoms with Gasteiger partial charge in [0, 0.05) is 13.1 Å². The zero-order valence-corrected chi connectivity index (χ0v) is 12.0. The maximum atomic E-state index is 12.0. The molecule has 19 heavy (non-hydrogen) atoms. The summed E-state index contributed by atoms with van der Waals surface area (Å²) >= 11 is 1.37. The summed E-state index contributed by atoms with van der Waals surface area (Å²) in [6.07, 6.45) is 1.47. The third-order valence-corrected chi connectivity index (χ3v) is 3.19. The van der Waals surface area contributed by atoms with Crippen LogP contribution >= 0.6 is 23.7 Å². The van der Waals surface area contributed by atoms with Gasteiger partial charge in [0.2, 0.25) is 0 Å². The lowest BCUT2D eigenvalue weighted by atomic mass is 10.3. The number of carbonyl (C=O) groups is 1. The van der Waals surface area contributed by atoms with Crippen molar-refractivity contribution in [3.63, 3.8) is 0 Å². The van der Waals surface area contributed by atoms with Crippen molar-refractivity contribution < 1.29 is 4.79 Å². The Morgan fingerprint density at radius 2 is 2.32 bits per heavy atom. The first-order chi connectivity index (χ1) is 8.83. The third kappa shape index (κ3) is 3.98. The highest BCUT2D eigenvalue weighted by Crippen LogP contribution is 2.19. The molecule has 7 nitrogen and oxygen atoms in total. The average Bonchev–Trinajstić information content (AvgIpc) is 3.02. The molecule has 0 aromatic carbocycles. The Morgan fingerprint density at radius 1 is 1.47 bits per heavy atom. The molecule has 0 fully saturated rings. The van der Waals surface area contributed by atoms with Crippen LogP contribution in [0.15, 0.2) is 17.8 Å². The highest BCUT2D eigenvalue weighted by atomic mass is 35.5. The van der Waals surface area contributed by atoms with Crippen molar-refractivity contribution in [3.8, 4) is 5.69 Å². The Bertz CT molecular complexity index is 500. The molecule has 0 aliphatic carbocycles. The van der Waals surface area contributed by atoms with E-state index >= 15 is 0 Å². The average molecular weight is 303 g/mol.